The first kappa shape index (κ1) is 11.2. The first-order chi connectivity index (χ1) is 8.16. The lowest BCUT2D eigenvalue weighted by molar-refractivity contribution is 0.746. The van der Waals surface area contributed by atoms with Gasteiger partial charge in [0.15, 0.2) is 5.82 Å². The second kappa shape index (κ2) is 4.10. The van der Waals surface area contributed by atoms with Crippen LogP contribution in [0.1, 0.15) is 18.9 Å². The molecule has 1 saturated carbocycles. The maximum Gasteiger partial charge on any atom is 0.166 e. The van der Waals surface area contributed by atoms with Crippen LogP contribution < -0.4 is 5.73 Å². The fourth-order valence-corrected chi connectivity index (χ4v) is 3.05. The van der Waals surface area contributed by atoms with Crippen LogP contribution in [0.25, 0.3) is 11.4 Å². The molecule has 0 spiro atoms. The third-order valence-electron chi connectivity index (χ3n) is 2.85. The van der Waals surface area contributed by atoms with Gasteiger partial charge in [0.05, 0.1) is 5.69 Å². The Bertz CT molecular complexity index is 575. The van der Waals surface area contributed by atoms with E-state index in [1.165, 1.54) is 12.8 Å². The van der Waals surface area contributed by atoms with Gasteiger partial charge in [-0.3, -0.25) is 0 Å². The number of rotatable bonds is 2. The first-order valence-electron chi connectivity index (χ1n) is 5.31. The first-order valence-corrected chi connectivity index (χ1v) is 6.90. The van der Waals surface area contributed by atoms with Crippen molar-refractivity contribution in [2.24, 2.45) is 0 Å². The lowest BCUT2D eigenvalue weighted by Gasteiger charge is -2.09. The van der Waals surface area contributed by atoms with Crippen molar-refractivity contribution in [3.8, 4) is 11.4 Å². The van der Waals surface area contributed by atoms with Gasteiger partial charge in [-0.1, -0.05) is 15.9 Å². The van der Waals surface area contributed by atoms with Crippen LogP contribution in [-0.2, 0) is 0 Å². The zero-order valence-corrected chi connectivity index (χ0v) is 12.1. The van der Waals surface area contributed by atoms with Gasteiger partial charge in [0.1, 0.15) is 6.33 Å². The number of nitrogens with two attached hydrogens (primary N) is 1. The van der Waals surface area contributed by atoms with E-state index in [4.69, 9.17) is 5.73 Å². The molecule has 1 aromatic heterocycles. The lowest BCUT2D eigenvalue weighted by atomic mass is 10.1. The molecule has 0 amide bonds. The zero-order valence-electron chi connectivity index (χ0n) is 8.90. The second-order valence-electron chi connectivity index (χ2n) is 4.14. The number of hydrogen-bond acceptors (Lipinski definition) is 3. The fraction of sp³-hybridized carbons (Fsp3) is 0.273. The Hall–Kier alpha value is -0.880. The standard InChI is InChI=1S/C11H10Br2N4/c12-6-3-8(10(14)9(13)4-6)11-16-15-5-17(11)7-1-2-7/h3-5,7H,1-2,14H2. The van der Waals surface area contributed by atoms with Crippen molar-refractivity contribution >= 4 is 37.5 Å². The van der Waals surface area contributed by atoms with Gasteiger partial charge in [-0.15, -0.1) is 10.2 Å². The minimum Gasteiger partial charge on any atom is -0.397 e. The highest BCUT2D eigenvalue weighted by molar-refractivity contribution is 9.11. The van der Waals surface area contributed by atoms with E-state index in [0.29, 0.717) is 11.7 Å². The number of nitrogens with zero attached hydrogens (tertiary/aromatic N) is 3. The van der Waals surface area contributed by atoms with Crippen LogP contribution in [0, 0.1) is 0 Å². The number of nitrogen functional groups attached to an aromatic ring is 1. The highest BCUT2D eigenvalue weighted by Gasteiger charge is 2.27. The Balaban J connectivity index is 2.17. The molecule has 2 aromatic rings. The maximum atomic E-state index is 6.08. The van der Waals surface area contributed by atoms with Gasteiger partial charge in [-0.2, -0.15) is 0 Å². The van der Waals surface area contributed by atoms with E-state index in [9.17, 15) is 0 Å². The Morgan fingerprint density at radius 2 is 2.06 bits per heavy atom. The number of aromatic nitrogens is 3. The van der Waals surface area contributed by atoms with Crippen molar-refractivity contribution in [3.63, 3.8) is 0 Å². The molecule has 0 aliphatic heterocycles. The summed E-state index contributed by atoms with van der Waals surface area (Å²) in [5, 5.41) is 8.17. The molecule has 1 aliphatic rings. The van der Waals surface area contributed by atoms with Crippen LogP contribution in [0.5, 0.6) is 0 Å². The van der Waals surface area contributed by atoms with Gasteiger partial charge in [0, 0.05) is 20.6 Å². The Morgan fingerprint density at radius 1 is 1.29 bits per heavy atom. The summed E-state index contributed by atoms with van der Waals surface area (Å²) >= 11 is 6.91. The summed E-state index contributed by atoms with van der Waals surface area (Å²) in [4.78, 5) is 0. The summed E-state index contributed by atoms with van der Waals surface area (Å²) in [5.41, 5.74) is 7.69. The molecule has 2 N–H and O–H groups in total. The lowest BCUT2D eigenvalue weighted by Crippen LogP contribution is -2.00. The minimum atomic E-state index is 0.539. The molecule has 0 saturated heterocycles. The monoisotopic (exact) mass is 356 g/mol. The predicted octanol–water partition coefficient (Wildman–Crippen LogP) is 3.39. The summed E-state index contributed by atoms with van der Waals surface area (Å²) in [6.45, 7) is 0. The van der Waals surface area contributed by atoms with Crippen LogP contribution in [0.3, 0.4) is 0 Å². The average molecular weight is 358 g/mol. The third-order valence-corrected chi connectivity index (χ3v) is 3.96. The van der Waals surface area contributed by atoms with Gasteiger partial charge in [0.25, 0.3) is 0 Å². The SMILES string of the molecule is Nc1c(Br)cc(Br)cc1-c1nncn1C1CC1. The van der Waals surface area contributed by atoms with Crippen molar-refractivity contribution in [3.05, 3.63) is 27.4 Å². The Morgan fingerprint density at radius 3 is 2.76 bits per heavy atom. The minimum absolute atomic E-state index is 0.539. The molecule has 0 unspecified atom stereocenters. The molecular weight excluding hydrogens is 348 g/mol. The van der Waals surface area contributed by atoms with E-state index in [-0.39, 0.29) is 0 Å². The summed E-state index contributed by atoms with van der Waals surface area (Å²) in [7, 11) is 0. The topological polar surface area (TPSA) is 56.7 Å². The summed E-state index contributed by atoms with van der Waals surface area (Å²) in [6, 6.07) is 4.44. The van der Waals surface area contributed by atoms with Crippen LogP contribution in [0.2, 0.25) is 0 Å². The van der Waals surface area contributed by atoms with Crippen molar-refractivity contribution in [2.75, 3.05) is 5.73 Å². The second-order valence-corrected chi connectivity index (χ2v) is 5.91. The Kier molecular flexibility index (Phi) is 2.71. The van der Waals surface area contributed by atoms with E-state index in [1.54, 1.807) is 6.33 Å². The smallest absolute Gasteiger partial charge is 0.166 e. The zero-order chi connectivity index (χ0) is 12.0. The van der Waals surface area contributed by atoms with Gasteiger partial charge >= 0.3 is 0 Å². The predicted molar refractivity (Wildman–Crippen MR) is 73.5 cm³/mol. The molecule has 0 bridgehead atoms. The van der Waals surface area contributed by atoms with Gasteiger partial charge < -0.3 is 10.3 Å². The average Bonchev–Trinajstić information content (AvgIpc) is 3.02. The molecule has 1 heterocycles. The van der Waals surface area contributed by atoms with Crippen molar-refractivity contribution in [2.45, 2.75) is 18.9 Å². The molecule has 88 valence electrons. The highest BCUT2D eigenvalue weighted by Crippen LogP contribution is 2.40. The van der Waals surface area contributed by atoms with Gasteiger partial charge in [-0.05, 0) is 40.9 Å². The molecule has 1 fully saturated rings. The van der Waals surface area contributed by atoms with E-state index in [1.807, 2.05) is 12.1 Å². The van der Waals surface area contributed by atoms with Crippen molar-refractivity contribution in [1.82, 2.24) is 14.8 Å². The number of benzene rings is 1. The Labute approximate surface area is 115 Å². The van der Waals surface area contributed by atoms with Crippen LogP contribution in [0.4, 0.5) is 5.69 Å². The molecule has 6 heteroatoms. The van der Waals surface area contributed by atoms with E-state index < -0.39 is 0 Å². The largest absolute Gasteiger partial charge is 0.397 e. The van der Waals surface area contributed by atoms with E-state index in [0.717, 1.165) is 20.3 Å². The molecule has 17 heavy (non-hydrogen) atoms. The molecular formula is C11H10Br2N4. The molecule has 1 aromatic carbocycles. The maximum absolute atomic E-state index is 6.08. The number of hydrogen-bond donors (Lipinski definition) is 1. The van der Waals surface area contributed by atoms with Gasteiger partial charge in [-0.25, -0.2) is 0 Å². The molecule has 0 atom stereocenters. The van der Waals surface area contributed by atoms with Crippen molar-refractivity contribution in [1.29, 1.82) is 0 Å². The van der Waals surface area contributed by atoms with Gasteiger partial charge in [0.2, 0.25) is 0 Å². The molecule has 4 nitrogen and oxygen atoms in total. The third kappa shape index (κ3) is 1.99. The fourth-order valence-electron chi connectivity index (χ4n) is 1.83. The van der Waals surface area contributed by atoms with Crippen LogP contribution >= 0.6 is 31.9 Å². The highest BCUT2D eigenvalue weighted by atomic mass is 79.9. The van der Waals surface area contributed by atoms with E-state index >= 15 is 0 Å². The van der Waals surface area contributed by atoms with Crippen LogP contribution in [0.15, 0.2) is 27.4 Å². The summed E-state index contributed by atoms with van der Waals surface area (Å²) < 4.78 is 3.94. The normalized spacial score (nSPS) is 15.2. The molecule has 3 rings (SSSR count). The summed E-state index contributed by atoms with van der Waals surface area (Å²) in [5.74, 6) is 0.840. The molecule has 0 radical (unpaired) electrons. The van der Waals surface area contributed by atoms with Crippen LogP contribution in [-0.4, -0.2) is 14.8 Å². The number of anilines is 1. The van der Waals surface area contributed by atoms with E-state index in [2.05, 4.69) is 46.6 Å². The van der Waals surface area contributed by atoms with Crippen molar-refractivity contribution < 1.29 is 0 Å². The molecule has 1 aliphatic carbocycles. The summed E-state index contributed by atoms with van der Waals surface area (Å²) in [6.07, 6.45) is 4.17. The number of halogens is 2. The quantitative estimate of drug-likeness (QED) is 0.838.